The summed E-state index contributed by atoms with van der Waals surface area (Å²) in [6, 6.07) is 6.79. The maximum atomic E-state index is 13.0. The van der Waals surface area contributed by atoms with Crippen LogP contribution >= 0.6 is 23.2 Å². The van der Waals surface area contributed by atoms with Crippen LogP contribution in [0.4, 0.5) is 13.2 Å². The first-order chi connectivity index (χ1) is 9.86. The van der Waals surface area contributed by atoms with E-state index in [0.29, 0.717) is 38.9 Å². The summed E-state index contributed by atoms with van der Waals surface area (Å²) in [5.41, 5.74) is 0.463. The molecule has 3 rings (SSSR count). The van der Waals surface area contributed by atoms with Gasteiger partial charge in [-0.15, -0.1) is 0 Å². The number of rotatable bonds is 1. The van der Waals surface area contributed by atoms with Gasteiger partial charge in [-0.25, -0.2) is 0 Å². The van der Waals surface area contributed by atoms with E-state index in [4.69, 9.17) is 27.9 Å². The molecule has 6 heteroatoms. The third kappa shape index (κ3) is 2.70. The highest BCUT2D eigenvalue weighted by Crippen LogP contribution is 2.45. The zero-order valence-corrected chi connectivity index (χ0v) is 12.0. The number of hydrogen-bond acceptors (Lipinski definition) is 1. The van der Waals surface area contributed by atoms with Crippen molar-refractivity contribution in [2.45, 2.75) is 12.6 Å². The lowest BCUT2D eigenvalue weighted by molar-refractivity contribution is -0.137. The second-order valence-electron chi connectivity index (χ2n) is 4.62. The van der Waals surface area contributed by atoms with Crippen molar-refractivity contribution in [1.82, 2.24) is 0 Å². The van der Waals surface area contributed by atoms with Gasteiger partial charge in [0.1, 0.15) is 12.4 Å². The van der Waals surface area contributed by atoms with Gasteiger partial charge in [0.05, 0.1) is 5.56 Å². The molecule has 1 radical (unpaired) electrons. The summed E-state index contributed by atoms with van der Waals surface area (Å²) in [5, 5.41) is 0.707. The zero-order valence-electron chi connectivity index (χ0n) is 10.5. The number of fused-ring (bicyclic) bond motifs is 1. The average molecular weight is 332 g/mol. The van der Waals surface area contributed by atoms with Gasteiger partial charge in [0.15, 0.2) is 0 Å². The average Bonchev–Trinajstić information content (AvgIpc) is 2.87. The Hall–Kier alpha value is -1.39. The lowest BCUT2D eigenvalue weighted by Gasteiger charge is -2.14. The van der Waals surface area contributed by atoms with E-state index in [0.717, 1.165) is 12.1 Å². The number of benzene rings is 2. The Kier molecular flexibility index (Phi) is 3.54. The highest BCUT2D eigenvalue weighted by molar-refractivity contribution is 6.35. The Labute approximate surface area is 129 Å². The van der Waals surface area contributed by atoms with Gasteiger partial charge in [-0.1, -0.05) is 23.2 Å². The first-order valence-corrected chi connectivity index (χ1v) is 6.80. The third-order valence-electron chi connectivity index (χ3n) is 3.22. The molecular formula is C15H8Cl2F3O. The summed E-state index contributed by atoms with van der Waals surface area (Å²) in [5.74, 6) is 0.396. The molecule has 0 amide bonds. The Bertz CT molecular complexity index is 711. The van der Waals surface area contributed by atoms with Gasteiger partial charge >= 0.3 is 6.18 Å². The number of alkyl halides is 3. The summed E-state index contributed by atoms with van der Waals surface area (Å²) < 4.78 is 44.4. The van der Waals surface area contributed by atoms with Crippen LogP contribution in [0, 0.1) is 6.61 Å². The minimum absolute atomic E-state index is 0.293. The summed E-state index contributed by atoms with van der Waals surface area (Å²) in [7, 11) is 0. The normalized spacial score (nSPS) is 14.0. The van der Waals surface area contributed by atoms with Gasteiger partial charge < -0.3 is 4.74 Å². The zero-order chi connectivity index (χ0) is 15.2. The molecule has 2 aromatic carbocycles. The smallest absolute Gasteiger partial charge is 0.416 e. The third-order valence-corrected chi connectivity index (χ3v) is 3.78. The van der Waals surface area contributed by atoms with Gasteiger partial charge in [0, 0.05) is 27.6 Å². The van der Waals surface area contributed by atoms with Crippen molar-refractivity contribution in [2.75, 3.05) is 0 Å². The number of halogens is 5. The van der Waals surface area contributed by atoms with Crippen molar-refractivity contribution in [3.8, 4) is 16.9 Å². The first-order valence-electron chi connectivity index (χ1n) is 6.04. The molecule has 0 saturated carbocycles. The van der Waals surface area contributed by atoms with E-state index in [-0.39, 0.29) is 0 Å². The van der Waals surface area contributed by atoms with Crippen LogP contribution in [-0.4, -0.2) is 0 Å². The van der Waals surface area contributed by atoms with Crippen molar-refractivity contribution in [1.29, 1.82) is 0 Å². The summed E-state index contributed by atoms with van der Waals surface area (Å²) >= 11 is 12.0. The highest BCUT2D eigenvalue weighted by atomic mass is 35.5. The Morgan fingerprint density at radius 1 is 1.00 bits per heavy atom. The van der Waals surface area contributed by atoms with Gasteiger partial charge in [0.2, 0.25) is 0 Å². The molecule has 1 heterocycles. The van der Waals surface area contributed by atoms with Gasteiger partial charge in [-0.05, 0) is 35.9 Å². The van der Waals surface area contributed by atoms with E-state index < -0.39 is 11.7 Å². The molecule has 1 aliphatic rings. The van der Waals surface area contributed by atoms with E-state index in [1.165, 1.54) is 12.7 Å². The SMILES string of the molecule is FC(F)(F)c1cc2c(c(-c3cc(Cl)ccc3Cl)c1)O[CH]C2. The fourth-order valence-corrected chi connectivity index (χ4v) is 2.65. The lowest BCUT2D eigenvalue weighted by Crippen LogP contribution is -2.06. The van der Waals surface area contributed by atoms with Crippen molar-refractivity contribution in [3.05, 3.63) is 58.1 Å². The van der Waals surface area contributed by atoms with Crippen molar-refractivity contribution in [2.24, 2.45) is 0 Å². The predicted molar refractivity (Wildman–Crippen MR) is 75.5 cm³/mol. The van der Waals surface area contributed by atoms with Crippen molar-refractivity contribution < 1.29 is 17.9 Å². The molecule has 0 bridgehead atoms. The molecular weight excluding hydrogens is 324 g/mol. The van der Waals surface area contributed by atoms with E-state index >= 15 is 0 Å². The highest BCUT2D eigenvalue weighted by Gasteiger charge is 2.34. The number of ether oxygens (including phenoxy) is 1. The maximum absolute atomic E-state index is 13.0. The van der Waals surface area contributed by atoms with E-state index in [9.17, 15) is 13.2 Å². The van der Waals surface area contributed by atoms with Crippen LogP contribution in [0.15, 0.2) is 30.3 Å². The topological polar surface area (TPSA) is 9.23 Å². The molecule has 0 unspecified atom stereocenters. The lowest BCUT2D eigenvalue weighted by atomic mass is 9.97. The molecule has 0 N–H and O–H groups in total. The molecule has 109 valence electrons. The largest absolute Gasteiger partial charge is 0.485 e. The van der Waals surface area contributed by atoms with Gasteiger partial charge in [0.25, 0.3) is 0 Å². The standard InChI is InChI=1S/C15H8Cl2F3O/c16-10-1-2-13(17)11(7-10)12-6-9(15(18,19)20)5-8-3-4-21-14(8)12/h1-2,4-7H,3H2. The Morgan fingerprint density at radius 3 is 2.48 bits per heavy atom. The van der Waals surface area contributed by atoms with Crippen LogP contribution in [0.3, 0.4) is 0 Å². The van der Waals surface area contributed by atoms with Crippen LogP contribution in [0.25, 0.3) is 11.1 Å². The molecule has 1 nitrogen and oxygen atoms in total. The second kappa shape index (κ2) is 5.11. The Morgan fingerprint density at radius 2 is 1.76 bits per heavy atom. The minimum atomic E-state index is -4.43. The predicted octanol–water partition coefficient (Wildman–Crippen LogP) is 5.78. The van der Waals surface area contributed by atoms with Crippen molar-refractivity contribution in [3.63, 3.8) is 0 Å². The fourth-order valence-electron chi connectivity index (χ4n) is 2.26. The monoisotopic (exact) mass is 331 g/mol. The molecule has 21 heavy (non-hydrogen) atoms. The van der Waals surface area contributed by atoms with Gasteiger partial charge in [-0.2, -0.15) is 13.2 Å². The molecule has 0 aliphatic carbocycles. The quantitative estimate of drug-likeness (QED) is 0.644. The fraction of sp³-hybridized carbons (Fsp3) is 0.133. The maximum Gasteiger partial charge on any atom is 0.416 e. The van der Waals surface area contributed by atoms with Gasteiger partial charge in [-0.3, -0.25) is 0 Å². The summed E-state index contributed by atoms with van der Waals surface area (Å²) in [4.78, 5) is 0. The number of hydrogen-bond donors (Lipinski definition) is 0. The van der Waals surface area contributed by atoms with Crippen LogP contribution in [0.2, 0.25) is 10.0 Å². The molecule has 1 aliphatic heterocycles. The molecule has 2 aromatic rings. The molecule has 0 atom stereocenters. The van der Waals surface area contributed by atoms with Crippen LogP contribution < -0.4 is 4.74 Å². The minimum Gasteiger partial charge on any atom is -0.485 e. The summed E-state index contributed by atoms with van der Waals surface area (Å²) in [6.07, 6.45) is -4.11. The van der Waals surface area contributed by atoms with Crippen molar-refractivity contribution >= 4 is 23.2 Å². The molecule has 0 spiro atoms. The van der Waals surface area contributed by atoms with Crippen LogP contribution in [-0.2, 0) is 12.6 Å². The molecule has 0 saturated heterocycles. The van der Waals surface area contributed by atoms with E-state index in [1.54, 1.807) is 12.1 Å². The Balaban J connectivity index is 2.26. The first kappa shape index (κ1) is 14.5. The van der Waals surface area contributed by atoms with E-state index in [2.05, 4.69) is 0 Å². The summed E-state index contributed by atoms with van der Waals surface area (Å²) in [6.45, 7) is 1.47. The molecule has 0 fully saturated rings. The molecule has 0 aromatic heterocycles. The van der Waals surface area contributed by atoms with Crippen LogP contribution in [0.1, 0.15) is 11.1 Å². The second-order valence-corrected chi connectivity index (χ2v) is 5.47. The van der Waals surface area contributed by atoms with Crippen LogP contribution in [0.5, 0.6) is 5.75 Å². The van der Waals surface area contributed by atoms with E-state index in [1.807, 2.05) is 0 Å².